The number of aromatic amines is 1. The minimum atomic E-state index is -0.618. The fourth-order valence-electron chi connectivity index (χ4n) is 3.14. The number of rotatable bonds is 2. The van der Waals surface area contributed by atoms with E-state index < -0.39 is 17.6 Å². The number of ether oxygens (including phenoxy) is 1. The van der Waals surface area contributed by atoms with Gasteiger partial charge in [0.25, 0.3) is 5.56 Å². The number of esters is 1. The number of hydrogen-bond acceptors (Lipinski definition) is 3. The summed E-state index contributed by atoms with van der Waals surface area (Å²) < 4.78 is 5.71. The van der Waals surface area contributed by atoms with Crippen molar-refractivity contribution in [2.75, 3.05) is 0 Å². The smallest absolute Gasteiger partial charge is 0.344 e. The number of aromatic nitrogens is 1. The average molecular weight is 317 g/mol. The summed E-state index contributed by atoms with van der Waals surface area (Å²) in [6.45, 7) is 1.76. The van der Waals surface area contributed by atoms with Gasteiger partial charge in [-0.25, -0.2) is 4.79 Å². The van der Waals surface area contributed by atoms with Crippen LogP contribution in [0.2, 0.25) is 0 Å². The maximum Gasteiger partial charge on any atom is 0.344 e. The Labute approximate surface area is 138 Å². The van der Waals surface area contributed by atoms with Crippen molar-refractivity contribution in [2.24, 2.45) is 0 Å². The maximum absolute atomic E-state index is 12.5. The number of carbonyl (C=O) groups is 1. The molecule has 0 aliphatic heterocycles. The maximum atomic E-state index is 12.5. The van der Waals surface area contributed by atoms with Crippen molar-refractivity contribution in [2.45, 2.75) is 13.0 Å². The van der Waals surface area contributed by atoms with Crippen molar-refractivity contribution < 1.29 is 9.53 Å². The molecule has 118 valence electrons. The number of benzene rings is 2. The SMILES string of the molecule is Cc1ccc(C(=O)OC2c3ccccc3-c3ccccc32)c(=O)[nH]1. The zero-order valence-electron chi connectivity index (χ0n) is 13.1. The summed E-state index contributed by atoms with van der Waals surface area (Å²) >= 11 is 0. The Balaban J connectivity index is 1.75. The topological polar surface area (TPSA) is 59.2 Å². The van der Waals surface area contributed by atoms with Crippen LogP contribution in [0.5, 0.6) is 0 Å². The van der Waals surface area contributed by atoms with E-state index in [1.165, 1.54) is 6.07 Å². The van der Waals surface area contributed by atoms with Gasteiger partial charge in [0.05, 0.1) is 0 Å². The van der Waals surface area contributed by atoms with Crippen molar-refractivity contribution >= 4 is 5.97 Å². The highest BCUT2D eigenvalue weighted by atomic mass is 16.5. The van der Waals surface area contributed by atoms with E-state index in [9.17, 15) is 9.59 Å². The van der Waals surface area contributed by atoms with Gasteiger partial charge < -0.3 is 9.72 Å². The van der Waals surface area contributed by atoms with Crippen LogP contribution in [0.4, 0.5) is 0 Å². The van der Waals surface area contributed by atoms with Crippen LogP contribution in [0.15, 0.2) is 65.5 Å². The molecule has 0 unspecified atom stereocenters. The van der Waals surface area contributed by atoms with Crippen molar-refractivity contribution in [3.05, 3.63) is 93.4 Å². The standard InChI is InChI=1S/C20H15NO3/c1-12-10-11-17(19(22)21-12)20(23)24-18-15-8-4-2-6-13(15)14-7-3-5-9-16(14)18/h2-11,18H,1H3,(H,21,22). The van der Waals surface area contributed by atoms with Gasteiger partial charge in [-0.3, -0.25) is 4.79 Å². The lowest BCUT2D eigenvalue weighted by Crippen LogP contribution is -2.21. The molecule has 4 rings (SSSR count). The summed E-state index contributed by atoms with van der Waals surface area (Å²) in [5.41, 5.74) is 4.29. The Bertz CT molecular complexity index is 958. The third-order valence-electron chi connectivity index (χ3n) is 4.28. The van der Waals surface area contributed by atoms with Crippen LogP contribution in [-0.2, 0) is 4.74 Å². The molecule has 1 aromatic heterocycles. The van der Waals surface area contributed by atoms with Gasteiger partial charge in [-0.15, -0.1) is 0 Å². The van der Waals surface area contributed by atoms with Gasteiger partial charge in [-0.1, -0.05) is 48.5 Å². The highest BCUT2D eigenvalue weighted by molar-refractivity contribution is 5.90. The van der Waals surface area contributed by atoms with Crippen molar-refractivity contribution in [1.29, 1.82) is 0 Å². The lowest BCUT2D eigenvalue weighted by molar-refractivity contribution is 0.0383. The van der Waals surface area contributed by atoms with Gasteiger partial charge in [-0.2, -0.15) is 0 Å². The minimum absolute atomic E-state index is 0.0162. The Morgan fingerprint density at radius 3 is 2.08 bits per heavy atom. The van der Waals surface area contributed by atoms with E-state index in [0.717, 1.165) is 22.3 Å². The molecule has 0 amide bonds. The third kappa shape index (κ3) is 2.24. The first kappa shape index (κ1) is 14.5. The van der Waals surface area contributed by atoms with Gasteiger partial charge in [0.2, 0.25) is 0 Å². The summed E-state index contributed by atoms with van der Waals surface area (Å²) in [4.78, 5) is 27.1. The fourth-order valence-corrected chi connectivity index (χ4v) is 3.14. The molecule has 1 N–H and O–H groups in total. The number of hydrogen-bond donors (Lipinski definition) is 1. The van der Waals surface area contributed by atoms with Gasteiger partial charge in [-0.05, 0) is 30.2 Å². The van der Waals surface area contributed by atoms with Crippen molar-refractivity contribution in [1.82, 2.24) is 4.98 Å². The zero-order valence-corrected chi connectivity index (χ0v) is 13.1. The summed E-state index contributed by atoms with van der Waals surface area (Å²) in [5.74, 6) is -0.618. The van der Waals surface area contributed by atoms with E-state index >= 15 is 0 Å². The van der Waals surface area contributed by atoms with E-state index in [1.54, 1.807) is 13.0 Å². The van der Waals surface area contributed by atoms with Gasteiger partial charge in [0.1, 0.15) is 5.56 Å². The molecule has 0 atom stereocenters. The fraction of sp³-hybridized carbons (Fsp3) is 0.100. The molecule has 24 heavy (non-hydrogen) atoms. The molecule has 1 heterocycles. The van der Waals surface area contributed by atoms with Crippen molar-refractivity contribution in [3.8, 4) is 11.1 Å². The monoisotopic (exact) mass is 317 g/mol. The first-order chi connectivity index (χ1) is 11.6. The molecule has 0 spiro atoms. The van der Waals surface area contributed by atoms with Crippen LogP contribution in [0, 0.1) is 6.92 Å². The molecule has 4 heteroatoms. The van der Waals surface area contributed by atoms with Crippen LogP contribution < -0.4 is 5.56 Å². The second kappa shape index (κ2) is 5.49. The highest BCUT2D eigenvalue weighted by Crippen LogP contribution is 2.45. The number of fused-ring (bicyclic) bond motifs is 3. The first-order valence-corrected chi connectivity index (χ1v) is 7.74. The third-order valence-corrected chi connectivity index (χ3v) is 4.28. The summed E-state index contributed by atoms with van der Waals surface area (Å²) in [5, 5.41) is 0. The zero-order chi connectivity index (χ0) is 16.7. The van der Waals surface area contributed by atoms with Crippen molar-refractivity contribution in [3.63, 3.8) is 0 Å². The van der Waals surface area contributed by atoms with Crippen LogP contribution >= 0.6 is 0 Å². The number of H-pyrrole nitrogens is 1. The number of aryl methyl sites for hydroxylation is 1. The van der Waals surface area contributed by atoms with E-state index in [4.69, 9.17) is 4.74 Å². The molecular formula is C20H15NO3. The minimum Gasteiger partial charge on any atom is -0.449 e. The lowest BCUT2D eigenvalue weighted by Gasteiger charge is -2.14. The van der Waals surface area contributed by atoms with Crippen LogP contribution in [0.3, 0.4) is 0 Å². The molecule has 4 nitrogen and oxygen atoms in total. The number of nitrogens with one attached hydrogen (secondary N) is 1. The lowest BCUT2D eigenvalue weighted by atomic mass is 10.1. The average Bonchev–Trinajstić information content (AvgIpc) is 2.89. The number of pyridine rings is 1. The van der Waals surface area contributed by atoms with Gasteiger partial charge in [0, 0.05) is 16.8 Å². The van der Waals surface area contributed by atoms with Gasteiger partial charge in [0.15, 0.2) is 6.10 Å². The summed E-state index contributed by atoms with van der Waals surface area (Å²) in [6.07, 6.45) is -0.495. The predicted octanol–water partition coefficient (Wildman–Crippen LogP) is 3.61. The number of carbonyl (C=O) groups excluding carboxylic acids is 1. The molecule has 3 aromatic rings. The van der Waals surface area contributed by atoms with E-state index in [1.807, 2.05) is 48.5 Å². The Morgan fingerprint density at radius 1 is 0.917 bits per heavy atom. The molecule has 0 saturated carbocycles. The van der Waals surface area contributed by atoms with E-state index in [2.05, 4.69) is 4.98 Å². The van der Waals surface area contributed by atoms with Crippen LogP contribution in [0.1, 0.15) is 33.3 Å². The summed E-state index contributed by atoms with van der Waals surface area (Å²) in [6, 6.07) is 18.9. The summed E-state index contributed by atoms with van der Waals surface area (Å²) in [7, 11) is 0. The van der Waals surface area contributed by atoms with Crippen LogP contribution in [0.25, 0.3) is 11.1 Å². The Morgan fingerprint density at radius 2 is 1.50 bits per heavy atom. The molecular weight excluding hydrogens is 302 g/mol. The molecule has 0 bridgehead atoms. The molecule has 1 aliphatic carbocycles. The molecule has 1 aliphatic rings. The Hall–Kier alpha value is -3.14. The first-order valence-electron chi connectivity index (χ1n) is 7.74. The largest absolute Gasteiger partial charge is 0.449 e. The van der Waals surface area contributed by atoms with E-state index in [0.29, 0.717) is 5.69 Å². The molecule has 0 radical (unpaired) electrons. The second-order valence-corrected chi connectivity index (χ2v) is 5.84. The molecule has 0 fully saturated rings. The Kier molecular flexibility index (Phi) is 3.31. The van der Waals surface area contributed by atoms with E-state index in [-0.39, 0.29) is 5.56 Å². The highest BCUT2D eigenvalue weighted by Gasteiger charge is 2.31. The molecule has 0 saturated heterocycles. The quantitative estimate of drug-likeness (QED) is 0.735. The normalized spacial score (nSPS) is 12.5. The predicted molar refractivity (Wildman–Crippen MR) is 90.9 cm³/mol. The van der Waals surface area contributed by atoms with Gasteiger partial charge >= 0.3 is 5.97 Å². The van der Waals surface area contributed by atoms with Crippen LogP contribution in [-0.4, -0.2) is 11.0 Å². The second-order valence-electron chi connectivity index (χ2n) is 5.84. The molecule has 2 aromatic carbocycles.